The first-order chi connectivity index (χ1) is 9.53. The molecular weight excluding hydrogens is 363 g/mol. The molecule has 3 nitrogen and oxygen atoms in total. The molecule has 0 aliphatic heterocycles. The monoisotopic (exact) mass is 387 g/mol. The average Bonchev–Trinajstić information content (AvgIpc) is 2.46. The molecular formula is C16H24IN2O+. The summed E-state index contributed by atoms with van der Waals surface area (Å²) in [6, 6.07) is 7.74. The van der Waals surface area contributed by atoms with Crippen molar-refractivity contribution in [2.45, 2.75) is 37.6 Å². The van der Waals surface area contributed by atoms with Crippen molar-refractivity contribution in [2.24, 2.45) is 0 Å². The predicted octanol–water partition coefficient (Wildman–Crippen LogP) is 1.87. The summed E-state index contributed by atoms with van der Waals surface area (Å²) in [6.07, 6.45) is 6.32. The highest BCUT2D eigenvalue weighted by Gasteiger charge is 2.38. The van der Waals surface area contributed by atoms with E-state index in [1.807, 2.05) is 24.3 Å². The molecule has 0 unspecified atom stereocenters. The number of quaternary nitrogens is 1. The Balaban J connectivity index is 1.98. The number of carbonyl (C=O) groups excluding carboxylic acids is 1. The maximum atomic E-state index is 12.2. The molecule has 0 atom stereocenters. The normalized spacial score (nSPS) is 18.0. The minimum atomic E-state index is 0.0487. The Morgan fingerprint density at radius 2 is 1.80 bits per heavy atom. The molecule has 0 radical (unpaired) electrons. The van der Waals surface area contributed by atoms with Gasteiger partial charge < -0.3 is 10.2 Å². The summed E-state index contributed by atoms with van der Waals surface area (Å²) < 4.78 is 1.15. The van der Waals surface area contributed by atoms with Crippen LogP contribution in [0.15, 0.2) is 24.3 Å². The molecule has 1 saturated carbocycles. The van der Waals surface area contributed by atoms with Gasteiger partial charge in [-0.3, -0.25) is 4.79 Å². The van der Waals surface area contributed by atoms with Gasteiger partial charge in [-0.05, 0) is 59.7 Å². The molecule has 2 rings (SSSR count). The maximum Gasteiger partial charge on any atom is 0.251 e. The zero-order valence-electron chi connectivity index (χ0n) is 12.3. The van der Waals surface area contributed by atoms with Crippen LogP contribution in [0.5, 0.6) is 0 Å². The van der Waals surface area contributed by atoms with Gasteiger partial charge in [0.05, 0.1) is 20.6 Å². The van der Waals surface area contributed by atoms with E-state index < -0.39 is 0 Å². The number of benzene rings is 1. The Morgan fingerprint density at radius 1 is 1.20 bits per heavy atom. The number of hydrogen-bond acceptors (Lipinski definition) is 1. The van der Waals surface area contributed by atoms with Crippen molar-refractivity contribution in [3.63, 3.8) is 0 Å². The first-order valence-electron chi connectivity index (χ1n) is 7.38. The summed E-state index contributed by atoms with van der Waals surface area (Å²) in [5.74, 6) is 0.0487. The van der Waals surface area contributed by atoms with Gasteiger partial charge in [0, 0.05) is 22.0 Å². The van der Waals surface area contributed by atoms with Crippen LogP contribution in [-0.2, 0) is 0 Å². The van der Waals surface area contributed by atoms with Gasteiger partial charge in [0.15, 0.2) is 0 Å². The second-order valence-corrected chi connectivity index (χ2v) is 7.28. The first-order valence-corrected chi connectivity index (χ1v) is 8.46. The third-order valence-electron chi connectivity index (χ3n) is 4.57. The number of nitrogens with one attached hydrogen (secondary N) is 2. The van der Waals surface area contributed by atoms with Gasteiger partial charge in [0.1, 0.15) is 5.54 Å². The molecule has 0 aromatic heterocycles. The number of hydrogen-bond donors (Lipinski definition) is 2. The van der Waals surface area contributed by atoms with Gasteiger partial charge in [-0.2, -0.15) is 0 Å². The summed E-state index contributed by atoms with van der Waals surface area (Å²) in [5.41, 5.74) is 0.974. The van der Waals surface area contributed by atoms with Gasteiger partial charge in [-0.15, -0.1) is 0 Å². The lowest BCUT2D eigenvalue weighted by molar-refractivity contribution is -0.916. The van der Waals surface area contributed by atoms with E-state index in [0.717, 1.165) is 15.7 Å². The fourth-order valence-electron chi connectivity index (χ4n) is 3.03. The highest BCUT2D eigenvalue weighted by molar-refractivity contribution is 14.1. The average molecular weight is 387 g/mol. The van der Waals surface area contributed by atoms with Crippen LogP contribution in [-0.4, -0.2) is 32.1 Å². The Morgan fingerprint density at radius 3 is 2.35 bits per heavy atom. The van der Waals surface area contributed by atoms with Crippen LogP contribution in [0.25, 0.3) is 0 Å². The smallest absolute Gasteiger partial charge is 0.251 e. The van der Waals surface area contributed by atoms with Crippen molar-refractivity contribution in [3.05, 3.63) is 33.4 Å². The lowest BCUT2D eigenvalue weighted by atomic mass is 9.80. The third-order valence-corrected chi connectivity index (χ3v) is 5.28. The SMILES string of the molecule is C[NH+](C)C1(CNC(=O)c2ccc(I)cc2)CCCCC1. The Bertz CT molecular complexity index is 450. The molecule has 1 aliphatic rings. The second-order valence-electron chi connectivity index (χ2n) is 6.03. The van der Waals surface area contributed by atoms with Gasteiger partial charge >= 0.3 is 0 Å². The molecule has 2 N–H and O–H groups in total. The quantitative estimate of drug-likeness (QED) is 0.760. The lowest BCUT2D eigenvalue weighted by Crippen LogP contribution is -3.16. The summed E-state index contributed by atoms with van der Waals surface area (Å²) in [4.78, 5) is 13.7. The lowest BCUT2D eigenvalue weighted by Gasteiger charge is -2.39. The molecule has 20 heavy (non-hydrogen) atoms. The summed E-state index contributed by atoms with van der Waals surface area (Å²) in [7, 11) is 4.42. The summed E-state index contributed by atoms with van der Waals surface area (Å²) in [6.45, 7) is 0.778. The molecule has 110 valence electrons. The summed E-state index contributed by atoms with van der Waals surface area (Å²) >= 11 is 2.25. The van der Waals surface area contributed by atoms with Crippen LogP contribution in [0, 0.1) is 3.57 Å². The molecule has 0 spiro atoms. The third kappa shape index (κ3) is 3.73. The zero-order valence-corrected chi connectivity index (χ0v) is 14.5. The van der Waals surface area contributed by atoms with E-state index in [1.54, 1.807) is 0 Å². The van der Waals surface area contributed by atoms with E-state index in [2.05, 4.69) is 42.0 Å². The molecule has 1 amide bonds. The molecule has 1 aromatic rings. The minimum absolute atomic E-state index is 0.0487. The van der Waals surface area contributed by atoms with E-state index in [-0.39, 0.29) is 11.4 Å². The van der Waals surface area contributed by atoms with E-state index >= 15 is 0 Å². The van der Waals surface area contributed by atoms with Gasteiger partial charge in [0.2, 0.25) is 0 Å². The highest BCUT2D eigenvalue weighted by Crippen LogP contribution is 2.25. The van der Waals surface area contributed by atoms with Crippen LogP contribution in [0.3, 0.4) is 0 Å². The van der Waals surface area contributed by atoms with Crippen molar-refractivity contribution < 1.29 is 9.69 Å². The van der Waals surface area contributed by atoms with Crippen molar-refractivity contribution in [3.8, 4) is 0 Å². The number of carbonyl (C=O) groups is 1. The highest BCUT2D eigenvalue weighted by atomic mass is 127. The molecule has 1 fully saturated rings. The van der Waals surface area contributed by atoms with Crippen molar-refractivity contribution >= 4 is 28.5 Å². The number of amides is 1. The van der Waals surface area contributed by atoms with Gasteiger partial charge in [-0.1, -0.05) is 6.42 Å². The Kier molecular flexibility index (Phi) is 5.43. The van der Waals surface area contributed by atoms with Crippen molar-refractivity contribution in [1.29, 1.82) is 0 Å². The molecule has 0 heterocycles. The fourth-order valence-corrected chi connectivity index (χ4v) is 3.39. The van der Waals surface area contributed by atoms with Crippen molar-refractivity contribution in [1.82, 2.24) is 5.32 Å². The van der Waals surface area contributed by atoms with Crippen LogP contribution < -0.4 is 10.2 Å². The van der Waals surface area contributed by atoms with Crippen LogP contribution in [0.4, 0.5) is 0 Å². The van der Waals surface area contributed by atoms with E-state index in [1.165, 1.54) is 37.0 Å². The molecule has 0 saturated heterocycles. The topological polar surface area (TPSA) is 33.5 Å². The summed E-state index contributed by atoms with van der Waals surface area (Å²) in [5, 5.41) is 3.15. The molecule has 1 aromatic carbocycles. The van der Waals surface area contributed by atoms with Gasteiger partial charge in [0.25, 0.3) is 5.91 Å². The Hall–Kier alpha value is -0.620. The molecule has 0 bridgehead atoms. The van der Waals surface area contributed by atoms with Crippen LogP contribution in [0.1, 0.15) is 42.5 Å². The zero-order chi connectivity index (χ0) is 14.6. The van der Waals surface area contributed by atoms with E-state index in [9.17, 15) is 4.79 Å². The molecule has 4 heteroatoms. The fraction of sp³-hybridized carbons (Fsp3) is 0.562. The van der Waals surface area contributed by atoms with Crippen molar-refractivity contribution in [2.75, 3.05) is 20.6 Å². The van der Waals surface area contributed by atoms with Crippen LogP contribution >= 0.6 is 22.6 Å². The predicted molar refractivity (Wildman–Crippen MR) is 90.1 cm³/mol. The number of likely N-dealkylation sites (N-methyl/N-ethyl adjacent to an activating group) is 1. The van der Waals surface area contributed by atoms with E-state index in [4.69, 9.17) is 0 Å². The Labute approximate surface area is 135 Å². The van der Waals surface area contributed by atoms with Gasteiger partial charge in [-0.25, -0.2) is 0 Å². The maximum absolute atomic E-state index is 12.2. The largest absolute Gasteiger partial charge is 0.346 e. The van der Waals surface area contributed by atoms with E-state index in [0.29, 0.717) is 0 Å². The number of halogens is 1. The van der Waals surface area contributed by atoms with Crippen LogP contribution in [0.2, 0.25) is 0 Å². The second kappa shape index (κ2) is 6.89. The number of rotatable bonds is 4. The first kappa shape index (κ1) is 15.8. The minimum Gasteiger partial charge on any atom is -0.346 e. The standard InChI is InChI=1S/C16H23IN2O/c1-19(2)16(10-4-3-5-11-16)12-18-15(20)13-6-8-14(17)9-7-13/h6-9H,3-5,10-12H2,1-2H3,(H,18,20)/p+1. The molecule has 1 aliphatic carbocycles.